The molecule has 0 spiro atoms. The van der Waals surface area contributed by atoms with Gasteiger partial charge >= 0.3 is 0 Å². The first-order valence-corrected chi connectivity index (χ1v) is 8.23. The maximum atomic E-state index is 12.1. The van der Waals surface area contributed by atoms with E-state index in [4.69, 9.17) is 16.7 Å². The van der Waals surface area contributed by atoms with Gasteiger partial charge < -0.3 is 5.32 Å². The Labute approximate surface area is 134 Å². The summed E-state index contributed by atoms with van der Waals surface area (Å²) in [4.78, 5) is 11.8. The number of nitrogens with two attached hydrogens (primary N) is 1. The van der Waals surface area contributed by atoms with Gasteiger partial charge in [-0.05, 0) is 34.1 Å². The number of benzene rings is 1. The van der Waals surface area contributed by atoms with Crippen LogP contribution in [0.5, 0.6) is 0 Å². The van der Waals surface area contributed by atoms with Crippen LogP contribution in [0.25, 0.3) is 0 Å². The summed E-state index contributed by atoms with van der Waals surface area (Å²) < 4.78 is 24.7. The quantitative estimate of drug-likeness (QED) is 0.828. The number of carbonyl (C=O) groups is 1. The van der Waals surface area contributed by atoms with Crippen LogP contribution in [0.2, 0.25) is 5.02 Å². The molecule has 0 fully saturated rings. The summed E-state index contributed by atoms with van der Waals surface area (Å²) in [6, 6.07) is 4.58. The molecule has 10 heteroatoms. The molecule has 7 nitrogen and oxygen atoms in total. The highest BCUT2D eigenvalue weighted by atomic mass is 79.9. The minimum absolute atomic E-state index is 0.135. The van der Waals surface area contributed by atoms with Gasteiger partial charge in [-0.15, -0.1) is 0 Å². The molecule has 2 rings (SSSR count). The number of halogens is 2. The van der Waals surface area contributed by atoms with Crippen molar-refractivity contribution in [1.82, 2.24) is 9.78 Å². The Kier molecular flexibility index (Phi) is 4.38. The van der Waals surface area contributed by atoms with Crippen LogP contribution in [0.1, 0.15) is 10.4 Å². The zero-order valence-corrected chi connectivity index (χ0v) is 13.8. The Morgan fingerprint density at radius 2 is 2.14 bits per heavy atom. The third kappa shape index (κ3) is 3.62. The van der Waals surface area contributed by atoms with E-state index in [1.54, 1.807) is 6.07 Å². The summed E-state index contributed by atoms with van der Waals surface area (Å²) in [5.41, 5.74) is 0.259. The number of anilines is 1. The Bertz CT molecular complexity index is 819. The van der Waals surface area contributed by atoms with Crippen LogP contribution in [-0.2, 0) is 17.1 Å². The van der Waals surface area contributed by atoms with E-state index in [1.165, 1.54) is 30.1 Å². The van der Waals surface area contributed by atoms with Crippen molar-refractivity contribution in [2.45, 2.75) is 4.90 Å². The lowest BCUT2D eigenvalue weighted by atomic mass is 10.2. The molecule has 0 radical (unpaired) electrons. The van der Waals surface area contributed by atoms with Gasteiger partial charge in [0.1, 0.15) is 4.90 Å². The van der Waals surface area contributed by atoms with E-state index >= 15 is 0 Å². The average molecular weight is 394 g/mol. The largest absolute Gasteiger partial charge is 0.304 e. The standard InChI is InChI=1S/C11H10BrClN4O3S/c1-17-5-9(21(14,19)20)10(16-17)15-11(18)6-2-3-7(12)8(13)4-6/h2-5H,1H3,(H2,14,19,20)(H,15,16,18). The lowest BCUT2D eigenvalue weighted by Crippen LogP contribution is -2.17. The molecule has 0 aliphatic carbocycles. The van der Waals surface area contributed by atoms with E-state index < -0.39 is 15.9 Å². The smallest absolute Gasteiger partial charge is 0.256 e. The zero-order chi connectivity index (χ0) is 15.8. The molecule has 21 heavy (non-hydrogen) atoms. The molecular weight excluding hydrogens is 384 g/mol. The highest BCUT2D eigenvalue weighted by Gasteiger charge is 2.20. The molecule has 1 aromatic heterocycles. The summed E-state index contributed by atoms with van der Waals surface area (Å²) in [5.74, 6) is -0.683. The van der Waals surface area contributed by atoms with Crippen molar-refractivity contribution in [2.24, 2.45) is 12.2 Å². The Balaban J connectivity index is 2.34. The van der Waals surface area contributed by atoms with Crippen LogP contribution in [0.4, 0.5) is 5.82 Å². The van der Waals surface area contributed by atoms with Crippen LogP contribution in [-0.4, -0.2) is 24.1 Å². The van der Waals surface area contributed by atoms with Gasteiger partial charge in [0, 0.05) is 23.3 Å². The third-order valence-corrected chi connectivity index (χ3v) is 4.66. The van der Waals surface area contributed by atoms with Gasteiger partial charge in [0.25, 0.3) is 5.91 Å². The molecule has 0 saturated heterocycles. The fourth-order valence-electron chi connectivity index (χ4n) is 1.58. The fourth-order valence-corrected chi connectivity index (χ4v) is 2.67. The molecule has 0 saturated carbocycles. The number of carbonyl (C=O) groups excluding carboxylic acids is 1. The monoisotopic (exact) mass is 392 g/mol. The van der Waals surface area contributed by atoms with Crippen LogP contribution in [0.15, 0.2) is 33.8 Å². The second-order valence-electron chi connectivity index (χ2n) is 4.14. The summed E-state index contributed by atoms with van der Waals surface area (Å²) in [7, 11) is -2.47. The maximum Gasteiger partial charge on any atom is 0.256 e. The predicted molar refractivity (Wildman–Crippen MR) is 81.7 cm³/mol. The van der Waals surface area contributed by atoms with Crippen molar-refractivity contribution in [3.05, 3.63) is 39.5 Å². The molecule has 1 heterocycles. The van der Waals surface area contributed by atoms with Gasteiger partial charge in [-0.3, -0.25) is 9.48 Å². The zero-order valence-electron chi connectivity index (χ0n) is 10.7. The molecule has 0 bridgehead atoms. The van der Waals surface area contributed by atoms with E-state index in [2.05, 4.69) is 26.3 Å². The number of nitrogens with one attached hydrogen (secondary N) is 1. The van der Waals surface area contributed by atoms with Crippen molar-refractivity contribution >= 4 is 49.3 Å². The normalized spacial score (nSPS) is 11.4. The molecule has 1 amide bonds. The van der Waals surface area contributed by atoms with E-state index in [-0.39, 0.29) is 16.3 Å². The summed E-state index contributed by atoms with van der Waals surface area (Å²) >= 11 is 9.12. The summed E-state index contributed by atoms with van der Waals surface area (Å²) in [6.07, 6.45) is 1.21. The van der Waals surface area contributed by atoms with Gasteiger partial charge in [0.2, 0.25) is 10.0 Å². The lowest BCUT2D eigenvalue weighted by molar-refractivity contribution is 0.102. The van der Waals surface area contributed by atoms with Gasteiger partial charge in [-0.2, -0.15) is 5.10 Å². The predicted octanol–water partition coefficient (Wildman–Crippen LogP) is 1.74. The van der Waals surface area contributed by atoms with Crippen LogP contribution in [0.3, 0.4) is 0 Å². The fraction of sp³-hybridized carbons (Fsp3) is 0.0909. The van der Waals surface area contributed by atoms with Crippen LogP contribution >= 0.6 is 27.5 Å². The molecule has 2 aromatic rings. The van der Waals surface area contributed by atoms with Crippen molar-refractivity contribution < 1.29 is 13.2 Å². The molecule has 3 N–H and O–H groups in total. The molecule has 0 aliphatic rings. The third-order valence-electron chi connectivity index (χ3n) is 2.52. The van der Waals surface area contributed by atoms with Crippen LogP contribution < -0.4 is 10.5 Å². The number of amides is 1. The maximum absolute atomic E-state index is 12.1. The SMILES string of the molecule is Cn1cc(S(N)(=O)=O)c(NC(=O)c2ccc(Br)c(Cl)c2)n1. The highest BCUT2D eigenvalue weighted by Crippen LogP contribution is 2.24. The van der Waals surface area contributed by atoms with Gasteiger partial charge in [-0.1, -0.05) is 11.6 Å². The second kappa shape index (κ2) is 5.76. The van der Waals surface area contributed by atoms with Crippen molar-refractivity contribution in [1.29, 1.82) is 0 Å². The van der Waals surface area contributed by atoms with Crippen LogP contribution in [0, 0.1) is 0 Å². The summed E-state index contributed by atoms with van der Waals surface area (Å²) in [6.45, 7) is 0. The lowest BCUT2D eigenvalue weighted by Gasteiger charge is -2.05. The highest BCUT2D eigenvalue weighted by molar-refractivity contribution is 9.10. The molecule has 1 aromatic carbocycles. The van der Waals surface area contributed by atoms with E-state index in [0.29, 0.717) is 9.50 Å². The van der Waals surface area contributed by atoms with Crippen molar-refractivity contribution in [3.8, 4) is 0 Å². The first kappa shape index (κ1) is 16.0. The number of aromatic nitrogens is 2. The molecule has 0 unspecified atom stereocenters. The van der Waals surface area contributed by atoms with Gasteiger partial charge in [-0.25, -0.2) is 13.6 Å². The number of nitrogens with zero attached hydrogens (tertiary/aromatic N) is 2. The average Bonchev–Trinajstić information content (AvgIpc) is 2.73. The van der Waals surface area contributed by atoms with Gasteiger partial charge in [0.05, 0.1) is 5.02 Å². The van der Waals surface area contributed by atoms with E-state index in [1.807, 2.05) is 0 Å². The Morgan fingerprint density at radius 3 is 2.71 bits per heavy atom. The van der Waals surface area contributed by atoms with Crippen molar-refractivity contribution in [2.75, 3.05) is 5.32 Å². The number of hydrogen-bond acceptors (Lipinski definition) is 4. The molecule has 0 aliphatic heterocycles. The minimum Gasteiger partial charge on any atom is -0.304 e. The van der Waals surface area contributed by atoms with E-state index in [0.717, 1.165) is 0 Å². The number of sulfonamides is 1. The van der Waals surface area contributed by atoms with Crippen molar-refractivity contribution in [3.63, 3.8) is 0 Å². The first-order chi connectivity index (χ1) is 9.68. The molecule has 0 atom stereocenters. The Morgan fingerprint density at radius 1 is 1.48 bits per heavy atom. The number of primary sulfonamides is 1. The van der Waals surface area contributed by atoms with Gasteiger partial charge in [0.15, 0.2) is 5.82 Å². The number of aryl methyl sites for hydroxylation is 1. The first-order valence-electron chi connectivity index (χ1n) is 5.51. The number of rotatable bonds is 3. The molecular formula is C11H10BrClN4O3S. The topological polar surface area (TPSA) is 107 Å². The number of hydrogen-bond donors (Lipinski definition) is 2. The minimum atomic E-state index is -3.99. The second-order valence-corrected chi connectivity index (χ2v) is 6.94. The Hall–Kier alpha value is -1.42. The van der Waals surface area contributed by atoms with E-state index in [9.17, 15) is 13.2 Å². The molecule has 112 valence electrons. The summed E-state index contributed by atoms with van der Waals surface area (Å²) in [5, 5.41) is 11.7.